The lowest BCUT2D eigenvalue weighted by atomic mass is 10.3. The Morgan fingerprint density at radius 1 is 1.32 bits per heavy atom. The lowest BCUT2D eigenvalue weighted by Gasteiger charge is -2.06. The van der Waals surface area contributed by atoms with Crippen molar-refractivity contribution < 1.29 is 14.2 Å². The van der Waals surface area contributed by atoms with Crippen LogP contribution in [0.15, 0.2) is 35.0 Å². The number of nitrogens with one attached hydrogen (secondary N) is 1. The molecule has 0 fully saturated rings. The van der Waals surface area contributed by atoms with E-state index in [1.807, 2.05) is 30.3 Å². The van der Waals surface area contributed by atoms with Gasteiger partial charge in [-0.25, -0.2) is 4.63 Å². The number of aromatic nitrogens is 2. The van der Waals surface area contributed by atoms with Crippen molar-refractivity contribution in [1.29, 1.82) is 0 Å². The van der Waals surface area contributed by atoms with Crippen LogP contribution in [-0.4, -0.2) is 29.4 Å². The van der Waals surface area contributed by atoms with Gasteiger partial charge in [0.05, 0.1) is 6.61 Å². The second-order valence-corrected chi connectivity index (χ2v) is 3.77. The highest BCUT2D eigenvalue weighted by Gasteiger charge is 2.14. The molecule has 0 aliphatic carbocycles. The summed E-state index contributed by atoms with van der Waals surface area (Å²) in [6, 6.07) is 9.47. The van der Waals surface area contributed by atoms with Gasteiger partial charge in [0.2, 0.25) is 11.5 Å². The normalized spacial score (nSPS) is 10.1. The molecule has 0 saturated carbocycles. The summed E-state index contributed by atoms with van der Waals surface area (Å²) in [6.45, 7) is 0.967. The highest BCUT2D eigenvalue weighted by Crippen LogP contribution is 2.08. The topological polar surface area (TPSA) is 103 Å². The summed E-state index contributed by atoms with van der Waals surface area (Å²) in [5.41, 5.74) is 5.40. The molecule has 0 aliphatic heterocycles. The zero-order valence-electron chi connectivity index (χ0n) is 10.2. The Kier molecular flexibility index (Phi) is 4.33. The zero-order valence-corrected chi connectivity index (χ0v) is 10.2. The largest absolute Gasteiger partial charge is 0.494 e. The summed E-state index contributed by atoms with van der Waals surface area (Å²) in [4.78, 5) is 11.6. The maximum Gasteiger partial charge on any atom is 0.277 e. The maximum absolute atomic E-state index is 11.6. The molecule has 7 heteroatoms. The molecule has 0 unspecified atom stereocenters. The van der Waals surface area contributed by atoms with Crippen molar-refractivity contribution in [3.8, 4) is 5.75 Å². The number of para-hydroxylation sites is 1. The van der Waals surface area contributed by atoms with Gasteiger partial charge in [0.1, 0.15) is 5.75 Å². The van der Waals surface area contributed by atoms with Crippen LogP contribution in [0.1, 0.15) is 16.9 Å². The molecule has 1 aromatic carbocycles. The van der Waals surface area contributed by atoms with E-state index in [0.717, 1.165) is 5.75 Å². The van der Waals surface area contributed by atoms with Gasteiger partial charge < -0.3 is 15.8 Å². The average Bonchev–Trinajstić information content (AvgIpc) is 2.86. The summed E-state index contributed by atoms with van der Waals surface area (Å²) < 4.78 is 9.82. The predicted octanol–water partition coefficient (Wildman–Crippen LogP) is 0.851. The van der Waals surface area contributed by atoms with Crippen molar-refractivity contribution in [3.63, 3.8) is 0 Å². The van der Waals surface area contributed by atoms with Crippen molar-refractivity contribution in [3.05, 3.63) is 36.0 Å². The van der Waals surface area contributed by atoms with Gasteiger partial charge in [-0.2, -0.15) is 0 Å². The minimum absolute atomic E-state index is 0.00368. The monoisotopic (exact) mass is 262 g/mol. The Labute approximate surface area is 109 Å². The van der Waals surface area contributed by atoms with Crippen LogP contribution in [0.5, 0.6) is 5.75 Å². The van der Waals surface area contributed by atoms with Crippen LogP contribution in [0.4, 0.5) is 5.82 Å². The van der Waals surface area contributed by atoms with E-state index in [1.165, 1.54) is 0 Å². The quantitative estimate of drug-likeness (QED) is 0.748. The second kappa shape index (κ2) is 6.39. The summed E-state index contributed by atoms with van der Waals surface area (Å²) in [7, 11) is 0. The summed E-state index contributed by atoms with van der Waals surface area (Å²) in [5, 5.41) is 9.39. The van der Waals surface area contributed by atoms with E-state index in [2.05, 4.69) is 20.3 Å². The maximum atomic E-state index is 11.6. The molecule has 1 amide bonds. The number of amides is 1. The van der Waals surface area contributed by atoms with Crippen molar-refractivity contribution >= 4 is 11.7 Å². The van der Waals surface area contributed by atoms with Crippen LogP contribution in [-0.2, 0) is 0 Å². The lowest BCUT2D eigenvalue weighted by Crippen LogP contribution is -2.26. The fraction of sp³-hybridized carbons (Fsp3) is 0.250. The molecule has 0 radical (unpaired) electrons. The molecule has 19 heavy (non-hydrogen) atoms. The molecular weight excluding hydrogens is 248 g/mol. The number of nitrogens with two attached hydrogens (primary N) is 1. The van der Waals surface area contributed by atoms with Crippen molar-refractivity contribution in [2.45, 2.75) is 6.42 Å². The van der Waals surface area contributed by atoms with E-state index in [0.29, 0.717) is 19.6 Å². The van der Waals surface area contributed by atoms with Gasteiger partial charge in [-0.3, -0.25) is 4.79 Å². The first kappa shape index (κ1) is 12.9. The van der Waals surface area contributed by atoms with Gasteiger partial charge in [-0.05, 0) is 28.9 Å². The van der Waals surface area contributed by atoms with Crippen molar-refractivity contribution in [1.82, 2.24) is 15.6 Å². The molecule has 1 aromatic heterocycles. The number of nitrogen functional groups attached to an aromatic ring is 1. The second-order valence-electron chi connectivity index (χ2n) is 3.77. The lowest BCUT2D eigenvalue weighted by molar-refractivity contribution is 0.0942. The van der Waals surface area contributed by atoms with Gasteiger partial charge in [-0.15, -0.1) is 0 Å². The Balaban J connectivity index is 1.65. The van der Waals surface area contributed by atoms with Crippen LogP contribution >= 0.6 is 0 Å². The fourth-order valence-electron chi connectivity index (χ4n) is 1.42. The molecule has 0 spiro atoms. The fourth-order valence-corrected chi connectivity index (χ4v) is 1.42. The van der Waals surface area contributed by atoms with Crippen molar-refractivity contribution in [2.24, 2.45) is 0 Å². The van der Waals surface area contributed by atoms with E-state index < -0.39 is 5.91 Å². The van der Waals surface area contributed by atoms with Gasteiger partial charge >= 0.3 is 0 Å². The van der Waals surface area contributed by atoms with E-state index >= 15 is 0 Å². The molecule has 2 rings (SSSR count). The van der Waals surface area contributed by atoms with Gasteiger partial charge in [0, 0.05) is 6.54 Å². The molecule has 100 valence electrons. The smallest absolute Gasteiger partial charge is 0.277 e. The van der Waals surface area contributed by atoms with Crippen LogP contribution in [0.25, 0.3) is 0 Å². The molecule has 2 aromatic rings. The zero-order chi connectivity index (χ0) is 13.5. The molecule has 3 N–H and O–H groups in total. The first-order valence-corrected chi connectivity index (χ1v) is 5.81. The van der Waals surface area contributed by atoms with E-state index in [4.69, 9.17) is 10.5 Å². The number of benzene rings is 1. The van der Waals surface area contributed by atoms with Gasteiger partial charge in [-0.1, -0.05) is 18.2 Å². The molecule has 7 nitrogen and oxygen atoms in total. The average molecular weight is 262 g/mol. The molecular formula is C12H14N4O3. The number of carbonyl (C=O) groups excluding carboxylic acids is 1. The van der Waals surface area contributed by atoms with E-state index in [-0.39, 0.29) is 11.5 Å². The third-order valence-corrected chi connectivity index (χ3v) is 2.35. The van der Waals surface area contributed by atoms with Crippen LogP contribution in [0.3, 0.4) is 0 Å². The third-order valence-electron chi connectivity index (χ3n) is 2.35. The number of nitrogens with zero attached hydrogens (tertiary/aromatic N) is 2. The molecule has 0 bridgehead atoms. The number of hydrogen-bond acceptors (Lipinski definition) is 6. The van der Waals surface area contributed by atoms with E-state index in [1.54, 1.807) is 0 Å². The Morgan fingerprint density at radius 2 is 2.11 bits per heavy atom. The summed E-state index contributed by atoms with van der Waals surface area (Å²) in [5.74, 6) is 0.385. The van der Waals surface area contributed by atoms with Crippen molar-refractivity contribution in [2.75, 3.05) is 18.9 Å². The molecule has 0 atom stereocenters. The number of ether oxygens (including phenoxy) is 1. The summed E-state index contributed by atoms with van der Waals surface area (Å²) >= 11 is 0. The minimum Gasteiger partial charge on any atom is -0.494 e. The van der Waals surface area contributed by atoms with E-state index in [9.17, 15) is 4.79 Å². The molecule has 0 aliphatic rings. The first-order valence-electron chi connectivity index (χ1n) is 5.81. The van der Waals surface area contributed by atoms with Crippen LogP contribution < -0.4 is 15.8 Å². The first-order chi connectivity index (χ1) is 9.27. The number of anilines is 1. The Bertz CT molecular complexity index is 527. The number of rotatable bonds is 6. The standard InChI is InChI=1S/C12H14N4O3/c13-11-10(15-19-16-11)12(17)14-7-4-8-18-9-5-2-1-3-6-9/h1-3,5-6H,4,7-8H2,(H2,13,16)(H,14,17). The number of carbonyl (C=O) groups is 1. The molecule has 1 heterocycles. The Hall–Kier alpha value is -2.57. The minimum atomic E-state index is -0.404. The van der Waals surface area contributed by atoms with Crippen LogP contribution in [0, 0.1) is 0 Å². The Morgan fingerprint density at radius 3 is 2.79 bits per heavy atom. The predicted molar refractivity (Wildman–Crippen MR) is 67.6 cm³/mol. The summed E-state index contributed by atoms with van der Waals surface area (Å²) in [6.07, 6.45) is 0.672. The number of hydrogen-bond donors (Lipinski definition) is 2. The third kappa shape index (κ3) is 3.70. The molecule has 0 saturated heterocycles. The van der Waals surface area contributed by atoms with Crippen LogP contribution in [0.2, 0.25) is 0 Å². The highest BCUT2D eigenvalue weighted by atomic mass is 16.6. The highest BCUT2D eigenvalue weighted by molar-refractivity contribution is 5.95. The SMILES string of the molecule is Nc1nonc1C(=O)NCCCOc1ccccc1. The van der Waals surface area contributed by atoms with Gasteiger partial charge in [0.15, 0.2) is 0 Å². The van der Waals surface area contributed by atoms with Gasteiger partial charge in [0.25, 0.3) is 5.91 Å².